The van der Waals surface area contributed by atoms with Crippen molar-refractivity contribution >= 4 is 22.1 Å². The number of aliphatic hydroxyl groups excluding tert-OH is 3. The van der Waals surface area contributed by atoms with Crippen molar-refractivity contribution in [3.05, 3.63) is 0 Å². The van der Waals surface area contributed by atoms with E-state index < -0.39 is 63.9 Å². The molecule has 4 rings (SSSR count). The van der Waals surface area contributed by atoms with Crippen LogP contribution in [0.5, 0.6) is 0 Å². The topological polar surface area (TPSA) is 168 Å². The van der Waals surface area contributed by atoms with Gasteiger partial charge in [0.2, 0.25) is 0 Å². The van der Waals surface area contributed by atoms with Crippen molar-refractivity contribution in [3.63, 3.8) is 0 Å². The molecular formula is C31H50F2O10S. The zero-order chi connectivity index (χ0) is 32.8. The second-order valence-electron chi connectivity index (χ2n) is 14.6. The van der Waals surface area contributed by atoms with Crippen molar-refractivity contribution in [3.8, 4) is 0 Å². The first-order valence-corrected chi connectivity index (χ1v) is 17.5. The number of hydrogen-bond donors (Lipinski definition) is 4. The van der Waals surface area contributed by atoms with Gasteiger partial charge in [0.1, 0.15) is 13.2 Å². The summed E-state index contributed by atoms with van der Waals surface area (Å²) in [6.07, 6.45) is 4.39. The lowest BCUT2D eigenvalue weighted by molar-refractivity contribution is -0.207. The lowest BCUT2D eigenvalue weighted by atomic mass is 9.43. The van der Waals surface area contributed by atoms with E-state index in [1.54, 1.807) is 0 Å². The fourth-order valence-electron chi connectivity index (χ4n) is 9.64. The van der Waals surface area contributed by atoms with E-state index >= 15 is 0 Å². The van der Waals surface area contributed by atoms with E-state index in [-0.39, 0.29) is 60.1 Å². The number of esters is 2. The summed E-state index contributed by atoms with van der Waals surface area (Å²) in [7, 11) is -5.65. The summed E-state index contributed by atoms with van der Waals surface area (Å²) in [5.41, 5.74) is -0.398. The van der Waals surface area contributed by atoms with Crippen molar-refractivity contribution in [1.29, 1.82) is 0 Å². The van der Waals surface area contributed by atoms with Gasteiger partial charge < -0.3 is 24.8 Å². The Hall–Kier alpha value is -1.41. The molecule has 10 nitrogen and oxygen atoms in total. The first-order valence-electron chi connectivity index (χ1n) is 16.0. The third-order valence-electron chi connectivity index (χ3n) is 12.3. The Kier molecular flexibility index (Phi) is 10.5. The molecule has 0 saturated heterocycles. The van der Waals surface area contributed by atoms with Gasteiger partial charge in [0.25, 0.3) is 0 Å². The van der Waals surface area contributed by atoms with Gasteiger partial charge in [-0.1, -0.05) is 27.7 Å². The van der Waals surface area contributed by atoms with E-state index in [2.05, 4.69) is 25.5 Å². The van der Waals surface area contributed by atoms with Crippen LogP contribution < -0.4 is 0 Å². The highest BCUT2D eigenvalue weighted by atomic mass is 32.2. The van der Waals surface area contributed by atoms with E-state index in [1.165, 1.54) is 0 Å². The minimum absolute atomic E-state index is 0.00523. The molecule has 0 heterocycles. The normalized spacial score (nSPS) is 40.2. The highest BCUT2D eigenvalue weighted by molar-refractivity contribution is 7.86. The molecular weight excluding hydrogens is 602 g/mol. The number of alkyl halides is 2. The van der Waals surface area contributed by atoms with E-state index in [0.29, 0.717) is 25.7 Å². The van der Waals surface area contributed by atoms with Crippen LogP contribution in [0.3, 0.4) is 0 Å². The van der Waals surface area contributed by atoms with Gasteiger partial charge in [-0.25, -0.2) is 0 Å². The maximum atomic E-state index is 13.6. The summed E-state index contributed by atoms with van der Waals surface area (Å²) in [6.45, 7) is 6.07. The highest BCUT2D eigenvalue weighted by Gasteiger charge is 2.65. The van der Waals surface area contributed by atoms with Gasteiger partial charge in [0.15, 0.2) is 0 Å². The third-order valence-corrected chi connectivity index (χ3v) is 13.4. The molecule has 0 amide bonds. The summed E-state index contributed by atoms with van der Waals surface area (Å²) in [6, 6.07) is 0. The van der Waals surface area contributed by atoms with Gasteiger partial charge in [-0.05, 0) is 97.7 Å². The van der Waals surface area contributed by atoms with Gasteiger partial charge in [-0.2, -0.15) is 17.2 Å². The zero-order valence-corrected chi connectivity index (χ0v) is 27.0. The summed E-state index contributed by atoms with van der Waals surface area (Å²) in [5.74, 6) is -2.48. The molecule has 4 N–H and O–H groups in total. The fourth-order valence-corrected chi connectivity index (χ4v) is 10.2. The number of aliphatic hydroxyl groups is 3. The Balaban J connectivity index is 1.26. The van der Waals surface area contributed by atoms with Crippen molar-refractivity contribution in [1.82, 2.24) is 0 Å². The first kappa shape index (κ1) is 35.4. The number of fused-ring (bicyclic) bond motifs is 5. The Labute approximate surface area is 259 Å². The molecule has 44 heavy (non-hydrogen) atoms. The van der Waals surface area contributed by atoms with Crippen LogP contribution in [0.25, 0.3) is 0 Å². The SMILES string of the molecule is CC(COC(=O)CCOC(=O)CC[C@@H](C)[C@H]1CC[C@H]2[C@@H]3[C@H](O)C[C@@H]4C[C@H](O)CC[C@]4(C)[C@H]3C[C@H](O)[C@]12C)C(F)(F)S(=O)(=O)O. The minimum atomic E-state index is -5.65. The molecule has 0 aromatic carbocycles. The minimum Gasteiger partial charge on any atom is -0.465 e. The van der Waals surface area contributed by atoms with Crippen LogP contribution in [-0.2, 0) is 29.2 Å². The molecule has 0 bridgehead atoms. The second kappa shape index (κ2) is 13.0. The summed E-state index contributed by atoms with van der Waals surface area (Å²) >= 11 is 0. The van der Waals surface area contributed by atoms with Gasteiger partial charge in [-0.15, -0.1) is 0 Å². The fraction of sp³-hybridized carbons (Fsp3) is 0.935. The standard InChI is InChI=1S/C31H50F2O10S/c1-17(5-8-26(37)42-12-10-27(38)43-16-18(2)31(32,33)44(39,40)41)21-6-7-22-28-23(15-25(36)30(21,22)4)29(3)11-9-20(34)13-19(29)14-24(28)35/h17-25,28,34-36H,5-16H2,1-4H3,(H,39,40,41)/t17-,18?,19+,20-,21-,22+,23+,24-,25+,28+,29+,30-/m1/s1. The lowest BCUT2D eigenvalue weighted by Crippen LogP contribution is -2.62. The van der Waals surface area contributed by atoms with E-state index in [9.17, 15) is 42.1 Å². The Morgan fingerprint density at radius 3 is 2.27 bits per heavy atom. The molecule has 0 radical (unpaired) electrons. The number of carbonyl (C=O) groups is 2. The van der Waals surface area contributed by atoms with Crippen LogP contribution in [0.1, 0.15) is 91.9 Å². The highest BCUT2D eigenvalue weighted by Crippen LogP contribution is 2.68. The van der Waals surface area contributed by atoms with Crippen LogP contribution in [0, 0.1) is 52.3 Å². The first-order chi connectivity index (χ1) is 20.3. The maximum Gasteiger partial charge on any atom is 0.375 e. The van der Waals surface area contributed by atoms with Crippen molar-refractivity contribution in [2.24, 2.45) is 52.3 Å². The van der Waals surface area contributed by atoms with Gasteiger partial charge >= 0.3 is 27.3 Å². The Bertz CT molecular complexity index is 1170. The predicted octanol–water partition coefficient (Wildman–Crippen LogP) is 3.96. The number of carbonyl (C=O) groups excluding carboxylic acids is 2. The van der Waals surface area contributed by atoms with Crippen LogP contribution in [0.15, 0.2) is 0 Å². The molecule has 13 heteroatoms. The molecule has 12 atom stereocenters. The largest absolute Gasteiger partial charge is 0.465 e. The number of rotatable bonds is 11. The van der Waals surface area contributed by atoms with Gasteiger partial charge in [-0.3, -0.25) is 14.1 Å². The van der Waals surface area contributed by atoms with E-state index in [0.717, 1.165) is 32.6 Å². The zero-order valence-electron chi connectivity index (χ0n) is 26.2. The molecule has 4 aliphatic carbocycles. The number of ether oxygens (including phenoxy) is 2. The van der Waals surface area contributed by atoms with Crippen LogP contribution in [-0.4, -0.2) is 77.0 Å². The number of hydrogen-bond acceptors (Lipinski definition) is 9. The molecule has 254 valence electrons. The molecule has 0 spiro atoms. The molecule has 0 aromatic rings. The third kappa shape index (κ3) is 6.55. The quantitative estimate of drug-likeness (QED) is 0.189. The average Bonchev–Trinajstić information content (AvgIpc) is 3.29. The van der Waals surface area contributed by atoms with E-state index in [4.69, 9.17) is 9.29 Å². The van der Waals surface area contributed by atoms with Crippen LogP contribution in [0.2, 0.25) is 0 Å². The van der Waals surface area contributed by atoms with Crippen LogP contribution in [0.4, 0.5) is 8.78 Å². The second-order valence-corrected chi connectivity index (χ2v) is 16.1. The van der Waals surface area contributed by atoms with Crippen molar-refractivity contribution < 1.29 is 56.1 Å². The Morgan fingerprint density at radius 1 is 0.955 bits per heavy atom. The Morgan fingerprint density at radius 2 is 1.61 bits per heavy atom. The van der Waals surface area contributed by atoms with E-state index in [1.807, 2.05) is 0 Å². The maximum absolute atomic E-state index is 13.6. The molecule has 4 saturated carbocycles. The molecule has 4 fully saturated rings. The number of halogens is 2. The smallest absolute Gasteiger partial charge is 0.375 e. The van der Waals surface area contributed by atoms with Gasteiger partial charge in [0, 0.05) is 6.42 Å². The van der Waals surface area contributed by atoms with Crippen molar-refractivity contribution in [2.45, 2.75) is 115 Å². The summed E-state index contributed by atoms with van der Waals surface area (Å²) in [4.78, 5) is 24.3. The molecule has 0 aromatic heterocycles. The molecule has 1 unspecified atom stereocenters. The van der Waals surface area contributed by atoms with Crippen LogP contribution >= 0.6 is 0 Å². The summed E-state index contributed by atoms with van der Waals surface area (Å²) in [5, 5.41) is 28.9. The van der Waals surface area contributed by atoms with Gasteiger partial charge in [0.05, 0.1) is 30.7 Å². The molecule has 4 aliphatic rings. The molecule has 0 aliphatic heterocycles. The predicted molar refractivity (Wildman–Crippen MR) is 155 cm³/mol. The lowest BCUT2D eigenvalue weighted by Gasteiger charge is -2.63. The van der Waals surface area contributed by atoms with Crippen molar-refractivity contribution in [2.75, 3.05) is 13.2 Å². The average molecular weight is 653 g/mol. The monoisotopic (exact) mass is 652 g/mol. The summed E-state index contributed by atoms with van der Waals surface area (Å²) < 4.78 is 67.2.